The van der Waals surface area contributed by atoms with Crippen LogP contribution in [0.4, 0.5) is 29.0 Å². The Hall–Kier alpha value is -4.19. The highest BCUT2D eigenvalue weighted by Gasteiger charge is 2.20. The van der Waals surface area contributed by atoms with Crippen molar-refractivity contribution in [2.75, 3.05) is 41.3 Å². The number of hydrogen-bond acceptors (Lipinski definition) is 8. The number of anilines is 4. The van der Waals surface area contributed by atoms with E-state index in [0.29, 0.717) is 17.7 Å². The number of nitrogens with zero attached hydrogens (tertiary/aromatic N) is 7. The summed E-state index contributed by atoms with van der Waals surface area (Å²) in [6, 6.07) is 12.4. The average molecular weight is 456 g/mol. The average Bonchev–Trinajstić information content (AvgIpc) is 2.84. The number of hydrogen-bond donors (Lipinski definition) is 2. The Morgan fingerprint density at radius 3 is 2.50 bits per heavy atom. The van der Waals surface area contributed by atoms with Gasteiger partial charge in [0.2, 0.25) is 11.9 Å². The summed E-state index contributed by atoms with van der Waals surface area (Å²) in [6.45, 7) is 11.5. The first-order valence-electron chi connectivity index (χ1n) is 11.3. The maximum Gasteiger partial charge on any atom is 0.232 e. The van der Waals surface area contributed by atoms with Gasteiger partial charge in [-0.05, 0) is 68.7 Å². The maximum absolute atomic E-state index is 8.78. The highest BCUT2D eigenvalue weighted by Crippen LogP contribution is 2.28. The third-order valence-corrected chi connectivity index (χ3v) is 6.05. The van der Waals surface area contributed by atoms with E-state index in [4.69, 9.17) is 5.26 Å². The zero-order valence-electron chi connectivity index (χ0n) is 20.0. The molecule has 1 fully saturated rings. The number of nitrogens with one attached hydrogen (secondary N) is 2. The van der Waals surface area contributed by atoms with Crippen LogP contribution in [0.3, 0.4) is 0 Å². The Labute approximate surface area is 200 Å². The molecule has 0 bridgehead atoms. The molecule has 1 aliphatic rings. The third kappa shape index (κ3) is 5.23. The molecular weight excluding hydrogens is 426 g/mol. The van der Waals surface area contributed by atoms with Crippen molar-refractivity contribution in [3.63, 3.8) is 0 Å². The van der Waals surface area contributed by atoms with Crippen molar-refractivity contribution in [3.8, 4) is 6.19 Å². The number of benzene rings is 2. The van der Waals surface area contributed by atoms with E-state index in [9.17, 15) is 0 Å². The van der Waals surface area contributed by atoms with Crippen LogP contribution in [-0.2, 0) is 0 Å². The van der Waals surface area contributed by atoms with Crippen LogP contribution in [0.5, 0.6) is 0 Å². The molecule has 2 heterocycles. The van der Waals surface area contributed by atoms with Crippen molar-refractivity contribution in [3.05, 3.63) is 59.4 Å². The third-order valence-electron chi connectivity index (χ3n) is 6.05. The highest BCUT2D eigenvalue weighted by molar-refractivity contribution is 5.84. The molecule has 0 radical (unpaired) electrons. The Bertz CT molecular complexity index is 1240. The minimum Gasteiger partial charge on any atom is -0.368 e. The lowest BCUT2D eigenvalue weighted by molar-refractivity contribution is 0.638. The fourth-order valence-corrected chi connectivity index (χ4v) is 3.88. The van der Waals surface area contributed by atoms with Gasteiger partial charge in [-0.25, -0.2) is 15.0 Å². The summed E-state index contributed by atoms with van der Waals surface area (Å²) >= 11 is 0. The van der Waals surface area contributed by atoms with Gasteiger partial charge in [-0.3, -0.25) is 5.32 Å². The van der Waals surface area contributed by atoms with Gasteiger partial charge in [0.25, 0.3) is 0 Å². The Balaban J connectivity index is 1.45. The molecule has 2 aromatic carbocycles. The number of aliphatic imine (C=N–C) groups is 1. The zero-order chi connectivity index (χ0) is 24.1. The molecule has 0 aliphatic carbocycles. The minimum absolute atomic E-state index is 0.484. The van der Waals surface area contributed by atoms with Gasteiger partial charge in [0.1, 0.15) is 12.2 Å². The summed E-state index contributed by atoms with van der Waals surface area (Å²) in [5.41, 5.74) is 6.44. The van der Waals surface area contributed by atoms with E-state index >= 15 is 0 Å². The lowest BCUT2D eigenvalue weighted by atomic mass is 10.1. The molecule has 1 aromatic heterocycles. The summed E-state index contributed by atoms with van der Waals surface area (Å²) in [6.07, 6.45) is 3.42. The summed E-state index contributed by atoms with van der Waals surface area (Å²) < 4.78 is 0. The predicted octanol–water partition coefficient (Wildman–Crippen LogP) is 3.99. The highest BCUT2D eigenvalue weighted by atomic mass is 15.3. The summed E-state index contributed by atoms with van der Waals surface area (Å²) in [5, 5.41) is 14.6. The maximum atomic E-state index is 8.78. The summed E-state index contributed by atoms with van der Waals surface area (Å²) in [7, 11) is 0. The van der Waals surface area contributed by atoms with E-state index in [-0.39, 0.29) is 0 Å². The standard InChI is InChI=1S/C25H29N9/c1-17-8-9-21(14-18(17)2)33-10-12-34(13-11-33)25-29-16-28-24(32-25)31-23-7-5-6-22(19(23)3)30-20(4)27-15-26/h5-9,14,16H,10-13H2,1-4H3,(H,27,30)(H,28,29,31,32). The molecule has 1 aliphatic heterocycles. The molecule has 2 N–H and O–H groups in total. The van der Waals surface area contributed by atoms with Gasteiger partial charge in [-0.2, -0.15) is 10.2 Å². The molecule has 9 nitrogen and oxygen atoms in total. The first-order chi connectivity index (χ1) is 16.4. The lowest BCUT2D eigenvalue weighted by Gasteiger charge is -2.36. The molecule has 0 atom stereocenters. The van der Waals surface area contributed by atoms with Gasteiger partial charge < -0.3 is 15.1 Å². The smallest absolute Gasteiger partial charge is 0.232 e. The number of rotatable bonds is 5. The monoisotopic (exact) mass is 455 g/mol. The van der Waals surface area contributed by atoms with Crippen LogP contribution >= 0.6 is 0 Å². The van der Waals surface area contributed by atoms with Crippen molar-refractivity contribution in [1.29, 1.82) is 5.26 Å². The van der Waals surface area contributed by atoms with Crippen LogP contribution in [0.25, 0.3) is 0 Å². The molecule has 1 saturated heterocycles. The van der Waals surface area contributed by atoms with Crippen molar-refractivity contribution in [2.24, 2.45) is 4.99 Å². The van der Waals surface area contributed by atoms with Gasteiger partial charge in [-0.1, -0.05) is 12.1 Å². The van der Waals surface area contributed by atoms with Crippen LogP contribution in [0, 0.1) is 32.2 Å². The van der Waals surface area contributed by atoms with Gasteiger partial charge in [0.05, 0.1) is 5.69 Å². The largest absolute Gasteiger partial charge is 0.368 e. The first-order valence-corrected chi connectivity index (χ1v) is 11.3. The van der Waals surface area contributed by atoms with Crippen molar-refractivity contribution < 1.29 is 0 Å². The van der Waals surface area contributed by atoms with E-state index in [0.717, 1.165) is 43.1 Å². The molecule has 0 saturated carbocycles. The molecule has 0 spiro atoms. The van der Waals surface area contributed by atoms with Crippen molar-refractivity contribution in [2.45, 2.75) is 27.7 Å². The number of aryl methyl sites for hydroxylation is 2. The quantitative estimate of drug-likeness (QED) is 0.258. The van der Waals surface area contributed by atoms with Gasteiger partial charge >= 0.3 is 0 Å². The molecule has 174 valence electrons. The second-order valence-corrected chi connectivity index (χ2v) is 8.36. The molecular formula is C25H29N9. The van der Waals surface area contributed by atoms with Crippen LogP contribution in [0.1, 0.15) is 23.6 Å². The fourth-order valence-electron chi connectivity index (χ4n) is 3.88. The van der Waals surface area contributed by atoms with Gasteiger partial charge in [-0.15, -0.1) is 0 Å². The molecule has 34 heavy (non-hydrogen) atoms. The molecule has 4 rings (SSSR count). The number of nitriles is 1. The van der Waals surface area contributed by atoms with Gasteiger partial charge in [0.15, 0.2) is 6.19 Å². The number of amidine groups is 1. The van der Waals surface area contributed by atoms with E-state index in [1.807, 2.05) is 31.3 Å². The second kappa shape index (κ2) is 10.2. The lowest BCUT2D eigenvalue weighted by Crippen LogP contribution is -2.47. The molecule has 3 aromatic rings. The molecule has 9 heteroatoms. The van der Waals surface area contributed by atoms with Crippen molar-refractivity contribution in [1.82, 2.24) is 20.3 Å². The van der Waals surface area contributed by atoms with Gasteiger partial charge in [0, 0.05) is 37.6 Å². The Kier molecular flexibility index (Phi) is 6.87. The molecule has 0 unspecified atom stereocenters. The van der Waals surface area contributed by atoms with E-state index in [2.05, 4.69) is 72.4 Å². The van der Waals surface area contributed by atoms with Crippen LogP contribution in [0.15, 0.2) is 47.7 Å². The minimum atomic E-state index is 0.484. The van der Waals surface area contributed by atoms with E-state index < -0.39 is 0 Å². The Morgan fingerprint density at radius 2 is 1.76 bits per heavy atom. The summed E-state index contributed by atoms with van der Waals surface area (Å²) in [4.78, 5) is 22.4. The fraction of sp³-hybridized carbons (Fsp3) is 0.320. The van der Waals surface area contributed by atoms with Crippen LogP contribution in [-0.4, -0.2) is 47.0 Å². The number of aromatic nitrogens is 3. The van der Waals surface area contributed by atoms with E-state index in [1.165, 1.54) is 16.8 Å². The molecule has 0 amide bonds. The second-order valence-electron chi connectivity index (χ2n) is 8.36. The SMILES string of the molecule is CC(=Nc1cccc(Nc2ncnc(N3CCN(c4ccc(C)c(C)c4)CC3)n2)c1C)NC#N. The van der Waals surface area contributed by atoms with Crippen LogP contribution in [0.2, 0.25) is 0 Å². The van der Waals surface area contributed by atoms with Crippen molar-refractivity contribution >= 4 is 34.8 Å². The number of piperazine rings is 1. The normalized spacial score (nSPS) is 14.0. The zero-order valence-corrected chi connectivity index (χ0v) is 20.0. The predicted molar refractivity (Wildman–Crippen MR) is 136 cm³/mol. The first kappa shape index (κ1) is 23.0. The summed E-state index contributed by atoms with van der Waals surface area (Å²) in [5.74, 6) is 1.68. The Morgan fingerprint density at radius 1 is 1.00 bits per heavy atom. The van der Waals surface area contributed by atoms with E-state index in [1.54, 1.807) is 13.3 Å². The van der Waals surface area contributed by atoms with Crippen LogP contribution < -0.4 is 20.4 Å². The topological polar surface area (TPSA) is 105 Å².